The highest BCUT2D eigenvalue weighted by molar-refractivity contribution is 5.23. The molecule has 7 rings (SSSR count). The second-order valence-corrected chi connectivity index (χ2v) is 27.7. The topological polar surface area (TPSA) is 134 Å². The van der Waals surface area contributed by atoms with Gasteiger partial charge in [0.15, 0.2) is 0 Å². The number of hydrogen-bond acceptors (Lipinski definition) is 9. The van der Waals surface area contributed by atoms with Gasteiger partial charge in [-0.25, -0.2) is 29.3 Å². The number of allylic oxidation sites excluding steroid dienone is 4. The molecule has 0 unspecified atom stereocenters. The Balaban J connectivity index is 0.000000502. The number of ether oxygens (including phenoxy) is 2. The maximum atomic E-state index is 12.3. The Morgan fingerprint density at radius 1 is 0.407 bits per heavy atom. The standard InChI is InChI=1S/C11H19FN2.C11H21NO.3C10H18N2.C10H19NO.C9H16N2/c1-8(2)10-11(9(3)4)14(6-5-12)7-13-10;1-8(2)10-11(9(3)4)13-7-6-12(10)5;3*1-7(2)9-10(8(3)4)12(5)6-11-9;1-7(2)9-10(8(3)4)12-6-5-11-9;1-6(2)8-9(7(3)4)11-5-10-8/h7-9H,5-6H2,1-4H3;8-9H,6-7H2,1-5H3;3*6-8H,1-5H3;7-8,11H,5-6H2,1-4H3;5-7H,1-4H3,(H,10,11). The molecule has 2 aliphatic rings. The number of alkyl halides is 1. The highest BCUT2D eigenvalue weighted by Gasteiger charge is 2.24. The lowest BCUT2D eigenvalue weighted by Gasteiger charge is -2.34. The van der Waals surface area contributed by atoms with Crippen molar-refractivity contribution in [2.45, 2.75) is 260 Å². The molecule has 5 aromatic rings. The van der Waals surface area contributed by atoms with E-state index in [4.69, 9.17) is 9.47 Å². The Kier molecular flexibility index (Phi) is 34.9. The fourth-order valence-corrected chi connectivity index (χ4v) is 11.1. The molecule has 7 heterocycles. The van der Waals surface area contributed by atoms with Gasteiger partial charge in [0, 0.05) is 75.0 Å². The molecular formula is C71H129FN12O2. The van der Waals surface area contributed by atoms with E-state index in [0.717, 1.165) is 37.8 Å². The fraction of sp³-hybridized carbons (Fsp3) is 0.732. The van der Waals surface area contributed by atoms with Crippen molar-refractivity contribution in [3.63, 3.8) is 0 Å². The Morgan fingerprint density at radius 3 is 1.06 bits per heavy atom. The first kappa shape index (κ1) is 78.7. The smallest absolute Gasteiger partial charge is 0.118 e. The van der Waals surface area contributed by atoms with Gasteiger partial charge in [0.05, 0.1) is 84.6 Å². The summed E-state index contributed by atoms with van der Waals surface area (Å²) in [4.78, 5) is 27.3. The van der Waals surface area contributed by atoms with Crippen molar-refractivity contribution in [2.24, 2.45) is 44.8 Å². The normalized spacial score (nSPS) is 13.5. The van der Waals surface area contributed by atoms with Crippen molar-refractivity contribution in [3.8, 4) is 0 Å². The van der Waals surface area contributed by atoms with Gasteiger partial charge in [-0.05, 0) is 71.0 Å². The molecule has 0 saturated heterocycles. The van der Waals surface area contributed by atoms with Crippen LogP contribution in [0.2, 0.25) is 0 Å². The second kappa shape index (κ2) is 38.2. The zero-order chi connectivity index (χ0) is 66.2. The third-order valence-electron chi connectivity index (χ3n) is 14.9. The van der Waals surface area contributed by atoms with Crippen LogP contribution in [0.5, 0.6) is 0 Å². The van der Waals surface area contributed by atoms with Gasteiger partial charge < -0.3 is 42.9 Å². The highest BCUT2D eigenvalue weighted by atomic mass is 19.1. The lowest BCUT2D eigenvalue weighted by atomic mass is 10.0. The monoisotopic (exact) mass is 1200 g/mol. The quantitative estimate of drug-likeness (QED) is 0.0990. The van der Waals surface area contributed by atoms with E-state index in [-0.39, 0.29) is 6.67 Å². The van der Waals surface area contributed by atoms with E-state index in [9.17, 15) is 4.39 Å². The van der Waals surface area contributed by atoms with E-state index in [2.05, 4.69) is 276 Å². The molecule has 15 heteroatoms. The van der Waals surface area contributed by atoms with Crippen molar-refractivity contribution in [2.75, 3.05) is 40.0 Å². The summed E-state index contributed by atoms with van der Waals surface area (Å²) in [5.74, 6) is 9.61. The van der Waals surface area contributed by atoms with Crippen LogP contribution in [0.1, 0.15) is 310 Å². The van der Waals surface area contributed by atoms with Crippen molar-refractivity contribution in [1.82, 2.24) is 58.4 Å². The van der Waals surface area contributed by atoms with Gasteiger partial charge >= 0.3 is 0 Å². The van der Waals surface area contributed by atoms with Gasteiger partial charge in [0.2, 0.25) is 0 Å². The Bertz CT molecular complexity index is 2540. The van der Waals surface area contributed by atoms with E-state index in [1.54, 1.807) is 12.7 Å². The molecule has 14 nitrogen and oxygen atoms in total. The number of aromatic nitrogens is 10. The second-order valence-electron chi connectivity index (χ2n) is 27.7. The number of likely N-dealkylation sites (N-methyl/N-ethyl adjacent to an activating group) is 1. The summed E-state index contributed by atoms with van der Waals surface area (Å²) < 4.78 is 31.9. The van der Waals surface area contributed by atoms with Crippen LogP contribution in [0, 0.1) is 23.7 Å². The largest absolute Gasteiger partial charge is 0.494 e. The minimum Gasteiger partial charge on any atom is -0.494 e. The third-order valence-corrected chi connectivity index (χ3v) is 14.9. The Morgan fingerprint density at radius 2 is 0.779 bits per heavy atom. The van der Waals surface area contributed by atoms with Gasteiger partial charge in [-0.3, -0.25) is 0 Å². The van der Waals surface area contributed by atoms with Crippen LogP contribution in [0.4, 0.5) is 4.39 Å². The van der Waals surface area contributed by atoms with E-state index in [1.807, 2.05) is 23.5 Å². The number of nitrogens with zero attached hydrogens (tertiary/aromatic N) is 10. The van der Waals surface area contributed by atoms with Crippen LogP contribution in [0.25, 0.3) is 0 Å². The number of aryl methyl sites for hydroxylation is 4. The number of aromatic amines is 1. The van der Waals surface area contributed by atoms with E-state index in [0.29, 0.717) is 89.4 Å². The molecule has 0 saturated carbocycles. The molecule has 0 aliphatic carbocycles. The Labute approximate surface area is 525 Å². The summed E-state index contributed by atoms with van der Waals surface area (Å²) >= 11 is 0. The molecule has 0 amide bonds. The van der Waals surface area contributed by atoms with Gasteiger partial charge in [0.25, 0.3) is 0 Å². The maximum Gasteiger partial charge on any atom is 0.118 e. The molecule has 0 atom stereocenters. The van der Waals surface area contributed by atoms with Crippen molar-refractivity contribution in [3.05, 3.63) is 111 Å². The van der Waals surface area contributed by atoms with Crippen LogP contribution in [-0.2, 0) is 37.2 Å². The number of rotatable bonds is 16. The first-order valence-corrected chi connectivity index (χ1v) is 32.8. The number of nitrogens with one attached hydrogen (secondary N) is 2. The van der Waals surface area contributed by atoms with Crippen LogP contribution >= 0.6 is 0 Å². The number of hydrogen-bond donors (Lipinski definition) is 2. The molecule has 86 heavy (non-hydrogen) atoms. The zero-order valence-electron chi connectivity index (χ0n) is 60.9. The molecule has 2 N–H and O–H groups in total. The minimum absolute atomic E-state index is 0.326. The van der Waals surface area contributed by atoms with Crippen LogP contribution in [-0.4, -0.2) is 93.1 Å². The SMILES string of the molecule is CC(C)C1=C(C(C)C)N(C)CCO1.CC(C)C1=C(C(C)C)OCCN1.CC(C)c1nc[nH]c1C(C)C.CC(C)c1ncn(C)c1C(C)C.CC(C)c1ncn(C)c1C(C)C.CC(C)c1ncn(C)c1C(C)C.CC(C)c1ncn(CCF)c1C(C)C. The van der Waals surface area contributed by atoms with E-state index < -0.39 is 0 Å². The number of halogens is 1. The van der Waals surface area contributed by atoms with Crippen molar-refractivity contribution >= 4 is 0 Å². The molecule has 0 fully saturated rings. The first-order chi connectivity index (χ1) is 40.0. The summed E-state index contributed by atoms with van der Waals surface area (Å²) in [7, 11) is 8.34. The summed E-state index contributed by atoms with van der Waals surface area (Å²) in [6.45, 7) is 64.9. The fourth-order valence-electron chi connectivity index (χ4n) is 11.1. The van der Waals surface area contributed by atoms with Gasteiger partial charge in [-0.1, -0.05) is 194 Å². The van der Waals surface area contributed by atoms with Crippen molar-refractivity contribution in [1.29, 1.82) is 0 Å². The molecule has 0 bridgehead atoms. The summed E-state index contributed by atoms with van der Waals surface area (Å²) in [5.41, 5.74) is 15.3. The maximum absolute atomic E-state index is 12.3. The summed E-state index contributed by atoms with van der Waals surface area (Å²) in [6, 6.07) is 0. The summed E-state index contributed by atoms with van der Waals surface area (Å²) in [5, 5.41) is 3.40. The first-order valence-electron chi connectivity index (χ1n) is 32.8. The molecule has 492 valence electrons. The number of imidazole rings is 5. The van der Waals surface area contributed by atoms with Crippen molar-refractivity contribution < 1.29 is 13.9 Å². The highest BCUT2D eigenvalue weighted by Crippen LogP contribution is 2.30. The molecule has 5 aromatic heterocycles. The van der Waals surface area contributed by atoms with Gasteiger partial charge in [-0.2, -0.15) is 0 Å². The predicted molar refractivity (Wildman–Crippen MR) is 363 cm³/mol. The molecule has 0 radical (unpaired) electrons. The van der Waals surface area contributed by atoms with Crippen LogP contribution in [0.15, 0.2) is 54.5 Å². The van der Waals surface area contributed by atoms with Crippen LogP contribution < -0.4 is 5.32 Å². The molecule has 2 aliphatic heterocycles. The minimum atomic E-state index is -0.326. The number of H-pyrrole nitrogens is 1. The third kappa shape index (κ3) is 24.0. The Hall–Kier alpha value is -5.34. The van der Waals surface area contributed by atoms with E-state index >= 15 is 0 Å². The average molecular weight is 1200 g/mol. The molecule has 0 aromatic carbocycles. The molecule has 0 spiro atoms. The lowest BCUT2D eigenvalue weighted by molar-refractivity contribution is 0.111. The zero-order valence-corrected chi connectivity index (χ0v) is 60.9. The average Bonchev–Trinajstić information content (AvgIpc) is 3.28. The van der Waals surface area contributed by atoms with Gasteiger partial charge in [-0.15, -0.1) is 0 Å². The van der Waals surface area contributed by atoms with Crippen LogP contribution in [0.3, 0.4) is 0 Å². The lowest BCUT2D eigenvalue weighted by Crippen LogP contribution is -2.33. The van der Waals surface area contributed by atoms with Gasteiger partial charge in [0.1, 0.15) is 31.4 Å². The molecular weight excluding hydrogens is 1070 g/mol. The predicted octanol–water partition coefficient (Wildman–Crippen LogP) is 18.4. The summed E-state index contributed by atoms with van der Waals surface area (Å²) in [6.07, 6.45) is 9.26. The van der Waals surface area contributed by atoms with E-state index in [1.165, 1.54) is 68.4 Å².